The molecule has 3 fully saturated rings. The Kier molecular flexibility index (Phi) is 3.57. The number of carboxylic acids is 1. The SMILES string of the molecule is O=C(O)C1CCCN1C1CCN(C2CCC2)CC1. The van der Waals surface area contributed by atoms with Crippen molar-refractivity contribution in [3.05, 3.63) is 0 Å². The summed E-state index contributed by atoms with van der Waals surface area (Å²) in [4.78, 5) is 16.1. The fourth-order valence-electron chi connectivity index (χ4n) is 3.83. The number of carbonyl (C=O) groups is 1. The molecule has 0 aromatic rings. The number of nitrogens with zero attached hydrogens (tertiary/aromatic N) is 2. The predicted octanol–water partition coefficient (Wildman–Crippen LogP) is 1.55. The van der Waals surface area contributed by atoms with Gasteiger partial charge in [-0.05, 0) is 58.2 Å². The van der Waals surface area contributed by atoms with E-state index >= 15 is 0 Å². The predicted molar refractivity (Wildman–Crippen MR) is 69.6 cm³/mol. The number of hydrogen-bond acceptors (Lipinski definition) is 3. The molecule has 2 aliphatic heterocycles. The second-order valence-corrected chi connectivity index (χ2v) is 6.09. The minimum absolute atomic E-state index is 0.203. The van der Waals surface area contributed by atoms with Gasteiger partial charge in [0.1, 0.15) is 6.04 Å². The van der Waals surface area contributed by atoms with Crippen molar-refractivity contribution in [1.82, 2.24) is 9.80 Å². The van der Waals surface area contributed by atoms with Crippen LogP contribution in [0.15, 0.2) is 0 Å². The minimum Gasteiger partial charge on any atom is -0.480 e. The van der Waals surface area contributed by atoms with Crippen LogP contribution < -0.4 is 0 Å². The summed E-state index contributed by atoms with van der Waals surface area (Å²) in [6, 6.07) is 1.16. The Labute approximate surface area is 109 Å². The summed E-state index contributed by atoms with van der Waals surface area (Å²) in [7, 11) is 0. The number of aliphatic carboxylic acids is 1. The van der Waals surface area contributed by atoms with E-state index < -0.39 is 5.97 Å². The Hall–Kier alpha value is -0.610. The van der Waals surface area contributed by atoms with E-state index in [1.807, 2.05) is 0 Å². The molecule has 0 radical (unpaired) electrons. The number of piperidine rings is 1. The fourth-order valence-corrected chi connectivity index (χ4v) is 3.83. The van der Waals surface area contributed by atoms with E-state index in [2.05, 4.69) is 9.80 Å². The summed E-state index contributed by atoms with van der Waals surface area (Å²) in [5.41, 5.74) is 0. The van der Waals surface area contributed by atoms with Crippen LogP contribution in [0.2, 0.25) is 0 Å². The molecular weight excluding hydrogens is 228 g/mol. The molecule has 0 amide bonds. The Morgan fingerprint density at radius 1 is 0.889 bits per heavy atom. The van der Waals surface area contributed by atoms with Crippen LogP contribution in [0, 0.1) is 0 Å². The molecule has 4 nitrogen and oxygen atoms in total. The molecule has 2 heterocycles. The maximum absolute atomic E-state index is 11.2. The third-order valence-corrected chi connectivity index (χ3v) is 5.14. The summed E-state index contributed by atoms with van der Waals surface area (Å²) >= 11 is 0. The van der Waals surface area contributed by atoms with Crippen LogP contribution in [0.25, 0.3) is 0 Å². The fraction of sp³-hybridized carbons (Fsp3) is 0.929. The quantitative estimate of drug-likeness (QED) is 0.827. The van der Waals surface area contributed by atoms with Gasteiger partial charge >= 0.3 is 5.97 Å². The number of rotatable bonds is 3. The normalized spacial score (nSPS) is 32.6. The maximum atomic E-state index is 11.2. The average Bonchev–Trinajstić information content (AvgIpc) is 2.76. The van der Waals surface area contributed by atoms with Gasteiger partial charge in [-0.15, -0.1) is 0 Å². The molecule has 2 saturated heterocycles. The van der Waals surface area contributed by atoms with Crippen molar-refractivity contribution in [1.29, 1.82) is 0 Å². The van der Waals surface area contributed by atoms with E-state index in [9.17, 15) is 9.90 Å². The molecule has 3 rings (SSSR count). The third kappa shape index (κ3) is 2.28. The first-order valence-corrected chi connectivity index (χ1v) is 7.48. The topological polar surface area (TPSA) is 43.8 Å². The molecule has 1 saturated carbocycles. The molecule has 1 aliphatic carbocycles. The number of carboxylic acid groups (broad SMARTS) is 1. The largest absolute Gasteiger partial charge is 0.480 e. The van der Waals surface area contributed by atoms with E-state index in [4.69, 9.17) is 0 Å². The van der Waals surface area contributed by atoms with Crippen molar-refractivity contribution in [3.63, 3.8) is 0 Å². The van der Waals surface area contributed by atoms with Gasteiger partial charge in [0.15, 0.2) is 0 Å². The monoisotopic (exact) mass is 252 g/mol. The number of hydrogen-bond donors (Lipinski definition) is 1. The van der Waals surface area contributed by atoms with Crippen LogP contribution in [-0.2, 0) is 4.79 Å². The van der Waals surface area contributed by atoms with Crippen LogP contribution >= 0.6 is 0 Å². The number of likely N-dealkylation sites (tertiary alicyclic amines) is 2. The van der Waals surface area contributed by atoms with Crippen molar-refractivity contribution >= 4 is 5.97 Å². The standard InChI is InChI=1S/C14H24N2O2/c17-14(18)13-5-2-8-16(13)12-6-9-15(10-7-12)11-3-1-4-11/h11-13H,1-10H2,(H,17,18). The van der Waals surface area contributed by atoms with Gasteiger partial charge in [-0.25, -0.2) is 0 Å². The summed E-state index contributed by atoms with van der Waals surface area (Å²) in [5, 5.41) is 9.25. The first-order chi connectivity index (χ1) is 8.75. The van der Waals surface area contributed by atoms with E-state index in [0.717, 1.165) is 25.4 Å². The lowest BCUT2D eigenvalue weighted by atomic mass is 9.89. The second-order valence-electron chi connectivity index (χ2n) is 6.09. The zero-order chi connectivity index (χ0) is 12.5. The molecule has 18 heavy (non-hydrogen) atoms. The summed E-state index contributed by atoms with van der Waals surface area (Å²) in [5.74, 6) is -0.617. The Balaban J connectivity index is 1.53. The highest BCUT2D eigenvalue weighted by Crippen LogP contribution is 2.30. The smallest absolute Gasteiger partial charge is 0.320 e. The molecule has 0 spiro atoms. The molecule has 1 unspecified atom stereocenters. The van der Waals surface area contributed by atoms with Crippen LogP contribution in [0.4, 0.5) is 0 Å². The van der Waals surface area contributed by atoms with Crippen LogP contribution in [-0.4, -0.2) is 58.6 Å². The van der Waals surface area contributed by atoms with E-state index in [1.54, 1.807) is 0 Å². The van der Waals surface area contributed by atoms with Crippen LogP contribution in [0.5, 0.6) is 0 Å². The van der Waals surface area contributed by atoms with Crippen LogP contribution in [0.1, 0.15) is 44.9 Å². The highest BCUT2D eigenvalue weighted by atomic mass is 16.4. The lowest BCUT2D eigenvalue weighted by molar-refractivity contribution is -0.143. The minimum atomic E-state index is -0.617. The molecule has 0 aromatic heterocycles. The van der Waals surface area contributed by atoms with Gasteiger partial charge in [-0.1, -0.05) is 6.42 Å². The summed E-state index contributed by atoms with van der Waals surface area (Å²) in [6.07, 6.45) is 8.40. The maximum Gasteiger partial charge on any atom is 0.320 e. The highest BCUT2D eigenvalue weighted by Gasteiger charge is 2.37. The molecule has 1 N–H and O–H groups in total. The Morgan fingerprint density at radius 2 is 1.61 bits per heavy atom. The Bertz CT molecular complexity index is 309. The van der Waals surface area contributed by atoms with Gasteiger partial charge in [-0.3, -0.25) is 9.69 Å². The van der Waals surface area contributed by atoms with Gasteiger partial charge in [-0.2, -0.15) is 0 Å². The van der Waals surface area contributed by atoms with Crippen LogP contribution in [0.3, 0.4) is 0 Å². The van der Waals surface area contributed by atoms with Gasteiger partial charge in [0.2, 0.25) is 0 Å². The second kappa shape index (κ2) is 5.17. The highest BCUT2D eigenvalue weighted by molar-refractivity contribution is 5.73. The summed E-state index contributed by atoms with van der Waals surface area (Å²) in [6.45, 7) is 3.35. The van der Waals surface area contributed by atoms with Gasteiger partial charge in [0, 0.05) is 12.1 Å². The molecule has 3 aliphatic rings. The van der Waals surface area contributed by atoms with Crippen molar-refractivity contribution in [2.24, 2.45) is 0 Å². The first kappa shape index (κ1) is 12.4. The molecule has 0 aromatic carbocycles. The lowest BCUT2D eigenvalue weighted by Crippen LogP contribution is -2.52. The van der Waals surface area contributed by atoms with E-state index in [1.165, 1.54) is 45.2 Å². The van der Waals surface area contributed by atoms with E-state index in [0.29, 0.717) is 6.04 Å². The molecule has 0 bridgehead atoms. The van der Waals surface area contributed by atoms with Crippen molar-refractivity contribution < 1.29 is 9.90 Å². The van der Waals surface area contributed by atoms with E-state index in [-0.39, 0.29) is 6.04 Å². The zero-order valence-electron chi connectivity index (χ0n) is 11.1. The first-order valence-electron chi connectivity index (χ1n) is 7.48. The van der Waals surface area contributed by atoms with Crippen molar-refractivity contribution in [2.45, 2.75) is 63.1 Å². The van der Waals surface area contributed by atoms with Crippen molar-refractivity contribution in [3.8, 4) is 0 Å². The average molecular weight is 252 g/mol. The summed E-state index contributed by atoms with van der Waals surface area (Å²) < 4.78 is 0. The third-order valence-electron chi connectivity index (χ3n) is 5.14. The lowest BCUT2D eigenvalue weighted by Gasteiger charge is -2.44. The van der Waals surface area contributed by atoms with Gasteiger partial charge < -0.3 is 10.0 Å². The Morgan fingerprint density at radius 3 is 2.17 bits per heavy atom. The molecule has 1 atom stereocenters. The molecular formula is C14H24N2O2. The zero-order valence-corrected chi connectivity index (χ0v) is 11.1. The van der Waals surface area contributed by atoms with Gasteiger partial charge in [0.25, 0.3) is 0 Å². The van der Waals surface area contributed by atoms with Crippen molar-refractivity contribution in [2.75, 3.05) is 19.6 Å². The molecule has 4 heteroatoms. The molecule has 102 valence electrons. The van der Waals surface area contributed by atoms with Gasteiger partial charge in [0.05, 0.1) is 0 Å².